The van der Waals surface area contributed by atoms with Gasteiger partial charge in [-0.05, 0) is 44.5 Å². The highest BCUT2D eigenvalue weighted by atomic mass is 79.9. The van der Waals surface area contributed by atoms with Crippen molar-refractivity contribution >= 4 is 27.7 Å². The van der Waals surface area contributed by atoms with Crippen LogP contribution in [0.3, 0.4) is 0 Å². The van der Waals surface area contributed by atoms with E-state index in [9.17, 15) is 14.4 Å². The van der Waals surface area contributed by atoms with Gasteiger partial charge in [-0.25, -0.2) is 9.18 Å². The van der Waals surface area contributed by atoms with Crippen LogP contribution in [0.25, 0.3) is 0 Å². The molecule has 130 valence electrons. The summed E-state index contributed by atoms with van der Waals surface area (Å²) in [6.07, 6.45) is -0.503. The van der Waals surface area contributed by atoms with Crippen LogP contribution in [0.2, 0.25) is 0 Å². The van der Waals surface area contributed by atoms with Crippen LogP contribution in [0.1, 0.15) is 37.5 Å². The standard InChI is InChI=1S/C19H18BrFN2O2/c1-19(2,3)25-18(24)23-16-9-8-15(20)14(17(16)21)10-12-6-4-5-7-13(12)11-22/h4-9H,10H2,1-3H3,(H,23,24). The zero-order chi connectivity index (χ0) is 18.6. The van der Waals surface area contributed by atoms with E-state index in [4.69, 9.17) is 4.74 Å². The van der Waals surface area contributed by atoms with Crippen molar-refractivity contribution in [3.8, 4) is 6.07 Å². The lowest BCUT2D eigenvalue weighted by Crippen LogP contribution is -2.27. The van der Waals surface area contributed by atoms with E-state index in [0.717, 1.165) is 0 Å². The molecule has 0 radical (unpaired) electrons. The predicted molar refractivity (Wildman–Crippen MR) is 97.9 cm³/mol. The second-order valence-corrected chi connectivity index (χ2v) is 7.31. The number of nitriles is 1. The molecule has 0 bridgehead atoms. The molecule has 0 aliphatic rings. The molecule has 25 heavy (non-hydrogen) atoms. The van der Waals surface area contributed by atoms with E-state index in [2.05, 4.69) is 27.3 Å². The number of halogens is 2. The minimum absolute atomic E-state index is 0.0295. The topological polar surface area (TPSA) is 62.1 Å². The molecule has 0 aliphatic heterocycles. The highest BCUT2D eigenvalue weighted by molar-refractivity contribution is 9.10. The number of carbonyl (C=O) groups is 1. The third kappa shape index (κ3) is 5.04. The zero-order valence-electron chi connectivity index (χ0n) is 14.2. The summed E-state index contributed by atoms with van der Waals surface area (Å²) in [7, 11) is 0. The lowest BCUT2D eigenvalue weighted by Gasteiger charge is -2.20. The molecule has 0 saturated heterocycles. The third-order valence-electron chi connectivity index (χ3n) is 3.33. The molecule has 0 saturated carbocycles. The molecule has 0 atom stereocenters. The second-order valence-electron chi connectivity index (χ2n) is 6.46. The van der Waals surface area contributed by atoms with Crippen molar-refractivity contribution in [2.75, 3.05) is 5.32 Å². The number of carbonyl (C=O) groups excluding carboxylic acids is 1. The van der Waals surface area contributed by atoms with Gasteiger partial charge in [0, 0.05) is 16.5 Å². The van der Waals surface area contributed by atoms with Crippen LogP contribution >= 0.6 is 15.9 Å². The van der Waals surface area contributed by atoms with E-state index in [0.29, 0.717) is 21.2 Å². The molecular formula is C19H18BrFN2O2. The monoisotopic (exact) mass is 404 g/mol. The number of hydrogen-bond acceptors (Lipinski definition) is 3. The minimum Gasteiger partial charge on any atom is -0.444 e. The number of amides is 1. The zero-order valence-corrected chi connectivity index (χ0v) is 15.8. The Morgan fingerprint density at radius 2 is 1.96 bits per heavy atom. The van der Waals surface area contributed by atoms with Crippen LogP contribution in [-0.4, -0.2) is 11.7 Å². The summed E-state index contributed by atoms with van der Waals surface area (Å²) >= 11 is 3.33. The molecule has 0 aliphatic carbocycles. The van der Waals surface area contributed by atoms with Gasteiger partial charge in [-0.1, -0.05) is 34.1 Å². The number of nitrogens with one attached hydrogen (secondary N) is 1. The number of anilines is 1. The summed E-state index contributed by atoms with van der Waals surface area (Å²) in [5, 5.41) is 11.6. The van der Waals surface area contributed by atoms with Gasteiger partial charge in [-0.2, -0.15) is 5.26 Å². The first-order chi connectivity index (χ1) is 11.7. The lowest BCUT2D eigenvalue weighted by atomic mass is 9.99. The van der Waals surface area contributed by atoms with Gasteiger partial charge >= 0.3 is 6.09 Å². The maximum absolute atomic E-state index is 14.9. The van der Waals surface area contributed by atoms with Gasteiger partial charge in [0.05, 0.1) is 17.3 Å². The Kier molecular flexibility index (Phi) is 5.81. The highest BCUT2D eigenvalue weighted by Crippen LogP contribution is 2.29. The van der Waals surface area contributed by atoms with E-state index in [1.807, 2.05) is 0 Å². The van der Waals surface area contributed by atoms with E-state index >= 15 is 0 Å². The Labute approximate surface area is 154 Å². The molecule has 2 aromatic carbocycles. The summed E-state index contributed by atoms with van der Waals surface area (Å²) in [5.74, 6) is -0.562. The molecule has 4 nitrogen and oxygen atoms in total. The number of ether oxygens (including phenoxy) is 1. The summed E-state index contributed by atoms with van der Waals surface area (Å²) in [6, 6.07) is 12.2. The van der Waals surface area contributed by atoms with Crippen molar-refractivity contribution in [3.63, 3.8) is 0 Å². The van der Waals surface area contributed by atoms with E-state index in [1.165, 1.54) is 6.07 Å². The van der Waals surface area contributed by atoms with Crippen LogP contribution < -0.4 is 5.32 Å². The molecule has 0 heterocycles. The first-order valence-electron chi connectivity index (χ1n) is 7.66. The maximum Gasteiger partial charge on any atom is 0.412 e. The quantitative estimate of drug-likeness (QED) is 0.744. The summed E-state index contributed by atoms with van der Waals surface area (Å²) < 4.78 is 20.6. The number of rotatable bonds is 3. The van der Waals surface area contributed by atoms with E-state index < -0.39 is 17.5 Å². The van der Waals surface area contributed by atoms with Crippen molar-refractivity contribution in [2.24, 2.45) is 0 Å². The van der Waals surface area contributed by atoms with Crippen molar-refractivity contribution < 1.29 is 13.9 Å². The number of nitrogens with zero attached hydrogens (tertiary/aromatic N) is 1. The first-order valence-corrected chi connectivity index (χ1v) is 8.45. The first kappa shape index (κ1) is 18.9. The van der Waals surface area contributed by atoms with E-state index in [-0.39, 0.29) is 12.1 Å². The molecule has 0 fully saturated rings. The van der Waals surface area contributed by atoms with Crippen LogP contribution in [-0.2, 0) is 11.2 Å². The molecule has 1 N–H and O–H groups in total. The van der Waals surface area contributed by atoms with Crippen LogP contribution in [0, 0.1) is 17.1 Å². The fraction of sp³-hybridized carbons (Fsp3) is 0.263. The van der Waals surface area contributed by atoms with Crippen molar-refractivity contribution in [3.05, 3.63) is 63.4 Å². The van der Waals surface area contributed by atoms with E-state index in [1.54, 1.807) is 51.1 Å². The Morgan fingerprint density at radius 3 is 2.60 bits per heavy atom. The molecule has 1 amide bonds. The van der Waals surface area contributed by atoms with Crippen molar-refractivity contribution in [1.82, 2.24) is 0 Å². The van der Waals surface area contributed by atoms with Crippen LogP contribution in [0.5, 0.6) is 0 Å². The Morgan fingerprint density at radius 1 is 1.28 bits per heavy atom. The predicted octanol–water partition coefficient (Wildman–Crippen LogP) is 5.40. The fourth-order valence-corrected chi connectivity index (χ4v) is 2.69. The van der Waals surface area contributed by atoms with Gasteiger partial charge in [0.15, 0.2) is 5.82 Å². The largest absolute Gasteiger partial charge is 0.444 e. The summed E-state index contributed by atoms with van der Waals surface area (Å²) in [4.78, 5) is 11.9. The van der Waals surface area contributed by atoms with Gasteiger partial charge in [0.25, 0.3) is 0 Å². The Balaban J connectivity index is 2.31. The SMILES string of the molecule is CC(C)(C)OC(=O)Nc1ccc(Br)c(Cc2ccccc2C#N)c1F. The third-order valence-corrected chi connectivity index (χ3v) is 4.07. The highest BCUT2D eigenvalue weighted by Gasteiger charge is 2.19. The van der Waals surface area contributed by atoms with Gasteiger partial charge in [-0.3, -0.25) is 5.32 Å². The molecule has 0 unspecified atom stereocenters. The molecule has 0 spiro atoms. The number of benzene rings is 2. The molecule has 2 rings (SSSR count). The molecule has 6 heteroatoms. The Hall–Kier alpha value is -2.39. The number of hydrogen-bond donors (Lipinski definition) is 1. The normalized spacial score (nSPS) is 10.9. The van der Waals surface area contributed by atoms with Crippen LogP contribution in [0.15, 0.2) is 40.9 Å². The molecule has 0 aromatic heterocycles. The minimum atomic E-state index is -0.725. The van der Waals surface area contributed by atoms with Crippen LogP contribution in [0.4, 0.5) is 14.9 Å². The lowest BCUT2D eigenvalue weighted by molar-refractivity contribution is 0.0635. The van der Waals surface area contributed by atoms with Crippen molar-refractivity contribution in [1.29, 1.82) is 5.26 Å². The van der Waals surface area contributed by atoms with Gasteiger partial charge in [-0.15, -0.1) is 0 Å². The fourth-order valence-electron chi connectivity index (χ4n) is 2.24. The van der Waals surface area contributed by atoms with Gasteiger partial charge < -0.3 is 4.74 Å². The average Bonchev–Trinajstić information content (AvgIpc) is 2.53. The van der Waals surface area contributed by atoms with Gasteiger partial charge in [0.2, 0.25) is 0 Å². The summed E-state index contributed by atoms with van der Waals surface area (Å²) in [5.41, 5.74) is 0.904. The van der Waals surface area contributed by atoms with Gasteiger partial charge in [0.1, 0.15) is 5.60 Å². The average molecular weight is 405 g/mol. The molecular weight excluding hydrogens is 387 g/mol. The summed E-state index contributed by atoms with van der Waals surface area (Å²) in [6.45, 7) is 5.19. The smallest absolute Gasteiger partial charge is 0.412 e. The maximum atomic E-state index is 14.9. The van der Waals surface area contributed by atoms with Crippen molar-refractivity contribution in [2.45, 2.75) is 32.8 Å². The second kappa shape index (κ2) is 7.66. The molecule has 2 aromatic rings. The Bertz CT molecular complexity index is 838.